The van der Waals surface area contributed by atoms with Gasteiger partial charge in [-0.2, -0.15) is 4.31 Å². The minimum Gasteiger partial charge on any atom is -0.326 e. The van der Waals surface area contributed by atoms with E-state index in [1.165, 1.54) is 4.31 Å². The van der Waals surface area contributed by atoms with Crippen molar-refractivity contribution in [1.29, 1.82) is 0 Å². The fraction of sp³-hybridized carbons (Fsp3) is 0.381. The summed E-state index contributed by atoms with van der Waals surface area (Å²) in [5.41, 5.74) is 1.71. The first-order valence-electron chi connectivity index (χ1n) is 9.41. The molecule has 5 nitrogen and oxygen atoms in total. The first kappa shape index (κ1) is 21.1. The van der Waals surface area contributed by atoms with Crippen LogP contribution in [0.5, 0.6) is 0 Å². The van der Waals surface area contributed by atoms with E-state index in [4.69, 9.17) is 0 Å². The van der Waals surface area contributed by atoms with Crippen LogP contribution in [0.1, 0.15) is 38.7 Å². The van der Waals surface area contributed by atoms with E-state index < -0.39 is 10.0 Å². The number of aryl methyl sites for hydroxylation is 1. The highest BCUT2D eigenvalue weighted by Gasteiger charge is 2.22. The highest BCUT2D eigenvalue weighted by atomic mass is 32.2. The van der Waals surface area contributed by atoms with Crippen LogP contribution in [0.2, 0.25) is 0 Å². The number of anilines is 1. The third-order valence-electron chi connectivity index (χ3n) is 4.21. The Morgan fingerprint density at radius 2 is 1.52 bits per heavy atom. The normalized spacial score (nSPS) is 11.5. The molecule has 2 rings (SSSR count). The molecule has 2 aromatic carbocycles. The summed E-state index contributed by atoms with van der Waals surface area (Å²) in [5.74, 6) is -0.0898. The van der Waals surface area contributed by atoms with Gasteiger partial charge in [-0.1, -0.05) is 44.2 Å². The number of carbonyl (C=O) groups is 1. The Kier molecular flexibility index (Phi) is 8.00. The van der Waals surface area contributed by atoms with Gasteiger partial charge in [0.05, 0.1) is 4.90 Å². The van der Waals surface area contributed by atoms with Gasteiger partial charge in [-0.3, -0.25) is 4.79 Å². The van der Waals surface area contributed by atoms with E-state index >= 15 is 0 Å². The number of carbonyl (C=O) groups excluding carboxylic acids is 1. The van der Waals surface area contributed by atoms with Crippen LogP contribution in [0, 0.1) is 0 Å². The van der Waals surface area contributed by atoms with Crippen LogP contribution in [0.4, 0.5) is 5.69 Å². The summed E-state index contributed by atoms with van der Waals surface area (Å²) in [6.07, 6.45) is 2.59. The summed E-state index contributed by atoms with van der Waals surface area (Å²) in [7, 11) is -3.50. The number of hydrogen-bond acceptors (Lipinski definition) is 3. The van der Waals surface area contributed by atoms with Crippen molar-refractivity contribution in [3.05, 3.63) is 60.2 Å². The van der Waals surface area contributed by atoms with Gasteiger partial charge in [-0.25, -0.2) is 8.42 Å². The van der Waals surface area contributed by atoms with E-state index in [1.807, 2.05) is 44.2 Å². The van der Waals surface area contributed by atoms with E-state index in [2.05, 4.69) is 5.32 Å². The van der Waals surface area contributed by atoms with Crippen molar-refractivity contribution >= 4 is 21.6 Å². The van der Waals surface area contributed by atoms with E-state index in [9.17, 15) is 13.2 Å². The lowest BCUT2D eigenvalue weighted by molar-refractivity contribution is -0.116. The van der Waals surface area contributed by atoms with Crippen molar-refractivity contribution in [2.75, 3.05) is 18.4 Å². The van der Waals surface area contributed by atoms with Gasteiger partial charge in [0, 0.05) is 25.2 Å². The lowest BCUT2D eigenvalue weighted by atomic mass is 10.1. The molecule has 0 aromatic heterocycles. The molecule has 0 spiro atoms. The first-order valence-corrected chi connectivity index (χ1v) is 10.9. The molecular formula is C21H28N2O3S. The molecule has 0 bridgehead atoms. The molecule has 1 amide bonds. The second kappa shape index (κ2) is 10.2. The molecular weight excluding hydrogens is 360 g/mol. The van der Waals surface area contributed by atoms with Gasteiger partial charge < -0.3 is 5.32 Å². The van der Waals surface area contributed by atoms with Gasteiger partial charge in [-0.15, -0.1) is 0 Å². The van der Waals surface area contributed by atoms with Crippen LogP contribution in [0.25, 0.3) is 0 Å². The first-order chi connectivity index (χ1) is 13.0. The van der Waals surface area contributed by atoms with Crippen molar-refractivity contribution in [3.63, 3.8) is 0 Å². The minimum absolute atomic E-state index is 0.0898. The molecule has 0 heterocycles. The molecule has 0 aliphatic rings. The van der Waals surface area contributed by atoms with Crippen LogP contribution in [0.15, 0.2) is 59.5 Å². The van der Waals surface area contributed by atoms with Crippen molar-refractivity contribution < 1.29 is 13.2 Å². The maximum atomic E-state index is 12.7. The van der Waals surface area contributed by atoms with Crippen molar-refractivity contribution in [3.8, 4) is 0 Å². The fourth-order valence-corrected chi connectivity index (χ4v) is 4.46. The third-order valence-corrected chi connectivity index (χ3v) is 6.12. The van der Waals surface area contributed by atoms with Crippen molar-refractivity contribution in [1.82, 2.24) is 4.31 Å². The molecule has 2 aromatic rings. The van der Waals surface area contributed by atoms with Gasteiger partial charge in [0.15, 0.2) is 0 Å². The molecule has 1 N–H and O–H groups in total. The molecule has 0 aliphatic carbocycles. The predicted octanol–water partition coefficient (Wildman–Crippen LogP) is 4.07. The molecule has 27 heavy (non-hydrogen) atoms. The zero-order chi connectivity index (χ0) is 19.7. The molecule has 0 radical (unpaired) electrons. The minimum atomic E-state index is -3.50. The van der Waals surface area contributed by atoms with Crippen LogP contribution in [0.3, 0.4) is 0 Å². The predicted molar refractivity (Wildman–Crippen MR) is 109 cm³/mol. The highest BCUT2D eigenvalue weighted by molar-refractivity contribution is 7.89. The summed E-state index contributed by atoms with van der Waals surface area (Å²) in [6.45, 7) is 4.95. The van der Waals surface area contributed by atoms with E-state index in [-0.39, 0.29) is 10.8 Å². The number of hydrogen-bond donors (Lipinski definition) is 1. The Bertz CT molecular complexity index is 812. The zero-order valence-electron chi connectivity index (χ0n) is 16.0. The number of amides is 1. The van der Waals surface area contributed by atoms with Crippen LogP contribution in [-0.2, 0) is 21.2 Å². The molecule has 0 fully saturated rings. The van der Waals surface area contributed by atoms with E-state index in [0.29, 0.717) is 31.6 Å². The lowest BCUT2D eigenvalue weighted by Crippen LogP contribution is -2.32. The molecule has 0 atom stereocenters. The lowest BCUT2D eigenvalue weighted by Gasteiger charge is -2.21. The number of sulfonamides is 1. The standard InChI is InChI=1S/C21H28N2O3S/c1-3-16-23(17-4-2)27(25,26)20-13-11-19(12-14-20)22-21(24)15-10-18-8-6-5-7-9-18/h5-9,11-14H,3-4,10,15-17H2,1-2H3,(H,22,24). The fourth-order valence-electron chi connectivity index (χ4n) is 2.84. The smallest absolute Gasteiger partial charge is 0.243 e. The third kappa shape index (κ3) is 6.19. The molecule has 0 aliphatic heterocycles. The summed E-state index contributed by atoms with van der Waals surface area (Å²) >= 11 is 0. The van der Waals surface area contributed by atoms with E-state index in [0.717, 1.165) is 18.4 Å². The number of nitrogens with one attached hydrogen (secondary N) is 1. The monoisotopic (exact) mass is 388 g/mol. The van der Waals surface area contributed by atoms with Crippen LogP contribution in [-0.4, -0.2) is 31.7 Å². The summed E-state index contributed by atoms with van der Waals surface area (Å²) in [6, 6.07) is 16.2. The quantitative estimate of drug-likeness (QED) is 0.667. The molecule has 0 unspecified atom stereocenters. The van der Waals surface area contributed by atoms with Crippen molar-refractivity contribution in [2.24, 2.45) is 0 Å². The zero-order valence-corrected chi connectivity index (χ0v) is 16.8. The Morgan fingerprint density at radius 1 is 0.926 bits per heavy atom. The summed E-state index contributed by atoms with van der Waals surface area (Å²) < 4.78 is 27.0. The van der Waals surface area contributed by atoms with Crippen molar-refractivity contribution in [2.45, 2.75) is 44.4 Å². The van der Waals surface area contributed by atoms with Crippen LogP contribution >= 0.6 is 0 Å². The Morgan fingerprint density at radius 3 is 2.07 bits per heavy atom. The van der Waals surface area contributed by atoms with Gasteiger partial charge in [-0.05, 0) is 49.1 Å². The topological polar surface area (TPSA) is 66.5 Å². The maximum absolute atomic E-state index is 12.7. The molecule has 146 valence electrons. The van der Waals surface area contributed by atoms with Gasteiger partial charge >= 0.3 is 0 Å². The largest absolute Gasteiger partial charge is 0.326 e. The number of benzene rings is 2. The number of rotatable bonds is 10. The molecule has 6 heteroatoms. The van der Waals surface area contributed by atoms with Crippen LogP contribution < -0.4 is 5.32 Å². The molecule has 0 saturated heterocycles. The average Bonchev–Trinajstić information content (AvgIpc) is 2.67. The Labute approximate surface area is 162 Å². The SMILES string of the molecule is CCCN(CCC)S(=O)(=O)c1ccc(NC(=O)CCc2ccccc2)cc1. The van der Waals surface area contributed by atoms with Gasteiger partial charge in [0.25, 0.3) is 0 Å². The highest BCUT2D eigenvalue weighted by Crippen LogP contribution is 2.19. The molecule has 0 saturated carbocycles. The average molecular weight is 389 g/mol. The number of nitrogens with zero attached hydrogens (tertiary/aromatic N) is 1. The Hall–Kier alpha value is -2.18. The second-order valence-corrected chi connectivity index (χ2v) is 8.40. The summed E-state index contributed by atoms with van der Waals surface area (Å²) in [4.78, 5) is 12.4. The summed E-state index contributed by atoms with van der Waals surface area (Å²) in [5, 5.41) is 2.82. The van der Waals surface area contributed by atoms with E-state index in [1.54, 1.807) is 24.3 Å². The van der Waals surface area contributed by atoms with Gasteiger partial charge in [0.1, 0.15) is 0 Å². The van der Waals surface area contributed by atoms with Gasteiger partial charge in [0.2, 0.25) is 15.9 Å². The second-order valence-electron chi connectivity index (χ2n) is 6.46. The maximum Gasteiger partial charge on any atom is 0.243 e. The Balaban J connectivity index is 1.98.